The zero-order valence-corrected chi connectivity index (χ0v) is 26.0. The van der Waals surface area contributed by atoms with Crippen LogP contribution in [0.4, 0.5) is 0 Å². The van der Waals surface area contributed by atoms with E-state index in [4.69, 9.17) is 46.2 Å². The minimum atomic E-state index is -1.35. The minimum Gasteiger partial charge on any atom is -0.481 e. The van der Waals surface area contributed by atoms with Gasteiger partial charge in [-0.25, -0.2) is 0 Å². The first-order chi connectivity index (χ1) is 18.8. The molecule has 1 aliphatic heterocycles. The van der Waals surface area contributed by atoms with Crippen molar-refractivity contribution in [3.8, 4) is 0 Å². The van der Waals surface area contributed by atoms with E-state index in [1.807, 2.05) is 0 Å². The summed E-state index contributed by atoms with van der Waals surface area (Å²) in [6, 6.07) is -1.04. The van der Waals surface area contributed by atoms with Crippen LogP contribution in [0, 0.1) is 29.6 Å². The highest BCUT2D eigenvalue weighted by atomic mass is 16.6. The van der Waals surface area contributed by atoms with Gasteiger partial charge in [0, 0.05) is 0 Å². The van der Waals surface area contributed by atoms with Crippen molar-refractivity contribution < 1.29 is 74.7 Å². The van der Waals surface area contributed by atoms with Crippen molar-refractivity contribution in [1.29, 1.82) is 0 Å². The van der Waals surface area contributed by atoms with Crippen LogP contribution in [0.2, 0.25) is 0 Å². The third-order valence-corrected chi connectivity index (χ3v) is 4.42. The standard InChI is InChI=1S/C6H13NO5.5C4H8O2/c7-3-5(10)4(9)2(1-8)12-6(3)11;5*1-3(2)4(5)6/h2-6,8-11H,1,7H2;5*3H,1-2H3,(H,5,6)/t2-,3-,4-,5-,6-;;;;;/m1...../s1. The molecular formula is C26H53NO15. The quantitative estimate of drug-likeness (QED) is 0.192. The van der Waals surface area contributed by atoms with Gasteiger partial charge in [-0.05, 0) is 0 Å². The highest BCUT2D eigenvalue weighted by Crippen LogP contribution is 2.17. The number of carboxylic acids is 5. The molecule has 0 bridgehead atoms. The summed E-state index contributed by atoms with van der Waals surface area (Å²) in [4.78, 5) is 48.5. The molecule has 0 aromatic heterocycles. The van der Waals surface area contributed by atoms with Crippen LogP contribution in [0.25, 0.3) is 0 Å². The van der Waals surface area contributed by atoms with Gasteiger partial charge in [0.25, 0.3) is 0 Å². The fourth-order valence-electron chi connectivity index (χ4n) is 1.12. The summed E-state index contributed by atoms with van der Waals surface area (Å²) in [6.07, 6.45) is -4.85. The molecule has 16 nitrogen and oxygen atoms in total. The highest BCUT2D eigenvalue weighted by Gasteiger charge is 2.41. The molecule has 0 unspecified atom stereocenters. The number of hydrogen-bond donors (Lipinski definition) is 10. The summed E-state index contributed by atoms with van der Waals surface area (Å²) in [6.45, 7) is 15.9. The van der Waals surface area contributed by atoms with Crippen molar-refractivity contribution in [1.82, 2.24) is 0 Å². The Morgan fingerprint density at radius 1 is 0.548 bits per heavy atom. The van der Waals surface area contributed by atoms with E-state index in [0.717, 1.165) is 0 Å². The van der Waals surface area contributed by atoms with Gasteiger partial charge in [-0.2, -0.15) is 0 Å². The van der Waals surface area contributed by atoms with E-state index in [1.165, 1.54) is 0 Å². The predicted octanol–water partition coefficient (Wildman–Crippen LogP) is 0.380. The number of hydrogen-bond acceptors (Lipinski definition) is 11. The lowest BCUT2D eigenvalue weighted by molar-refractivity contribution is -0.248. The second kappa shape index (κ2) is 27.0. The monoisotopic (exact) mass is 619 g/mol. The molecule has 1 heterocycles. The number of ether oxygens (including phenoxy) is 1. The summed E-state index contributed by atoms with van der Waals surface area (Å²) >= 11 is 0. The van der Waals surface area contributed by atoms with Gasteiger partial charge in [0.2, 0.25) is 0 Å². The maximum absolute atomic E-state index is 9.70. The lowest BCUT2D eigenvalue weighted by Gasteiger charge is -2.38. The van der Waals surface area contributed by atoms with Crippen molar-refractivity contribution in [2.75, 3.05) is 6.61 Å². The number of nitrogens with two attached hydrogens (primary N) is 1. The molecule has 0 aliphatic carbocycles. The predicted molar refractivity (Wildman–Crippen MR) is 150 cm³/mol. The third kappa shape index (κ3) is 31.6. The largest absolute Gasteiger partial charge is 0.481 e. The van der Waals surface area contributed by atoms with E-state index in [1.54, 1.807) is 69.2 Å². The first-order valence-corrected chi connectivity index (χ1v) is 13.0. The molecule has 0 amide bonds. The number of rotatable bonds is 6. The van der Waals surface area contributed by atoms with Gasteiger partial charge < -0.3 is 56.4 Å². The Labute approximate surface area is 246 Å². The van der Waals surface area contributed by atoms with E-state index in [-0.39, 0.29) is 29.6 Å². The Bertz CT molecular complexity index is 645. The fourth-order valence-corrected chi connectivity index (χ4v) is 1.12. The van der Waals surface area contributed by atoms with Gasteiger partial charge in [-0.1, -0.05) is 69.2 Å². The maximum atomic E-state index is 9.70. The lowest BCUT2D eigenvalue weighted by Crippen LogP contribution is -2.61. The van der Waals surface area contributed by atoms with Crippen molar-refractivity contribution in [2.45, 2.75) is 99.9 Å². The molecule has 252 valence electrons. The molecule has 1 rings (SSSR count). The molecule has 0 aromatic carbocycles. The van der Waals surface area contributed by atoms with Gasteiger partial charge in [0.1, 0.15) is 18.3 Å². The van der Waals surface area contributed by atoms with Crippen LogP contribution in [0.5, 0.6) is 0 Å². The molecule has 42 heavy (non-hydrogen) atoms. The number of aliphatic carboxylic acids is 5. The molecule has 0 spiro atoms. The Kier molecular flexibility index (Phi) is 31.4. The van der Waals surface area contributed by atoms with Gasteiger partial charge >= 0.3 is 29.8 Å². The number of aliphatic hydroxyl groups is 4. The minimum absolute atomic E-state index is 0.231. The second-order valence-electron chi connectivity index (χ2n) is 10.3. The first-order valence-electron chi connectivity index (χ1n) is 13.0. The van der Waals surface area contributed by atoms with Crippen molar-refractivity contribution in [3.63, 3.8) is 0 Å². The second-order valence-corrected chi connectivity index (χ2v) is 10.3. The van der Waals surface area contributed by atoms with Crippen molar-refractivity contribution in [2.24, 2.45) is 35.3 Å². The normalized spacial score (nSPS) is 20.6. The number of aliphatic hydroxyl groups excluding tert-OH is 4. The van der Waals surface area contributed by atoms with E-state index in [9.17, 15) is 34.2 Å². The lowest BCUT2D eigenvalue weighted by atomic mass is 9.98. The molecule has 0 aromatic rings. The van der Waals surface area contributed by atoms with Crippen LogP contribution in [-0.2, 0) is 28.7 Å². The van der Waals surface area contributed by atoms with Gasteiger partial charge in [0.15, 0.2) is 6.29 Å². The Morgan fingerprint density at radius 3 is 0.881 bits per heavy atom. The topological polar surface area (TPSA) is 303 Å². The maximum Gasteiger partial charge on any atom is 0.305 e. The Balaban J connectivity index is -0.000000135. The summed E-state index contributed by atoms with van der Waals surface area (Å²) in [5.74, 6) is -4.86. The first kappa shape index (κ1) is 48.8. The van der Waals surface area contributed by atoms with Crippen LogP contribution in [0.3, 0.4) is 0 Å². The molecule has 1 saturated heterocycles. The average Bonchev–Trinajstić information content (AvgIpc) is 2.86. The summed E-state index contributed by atoms with van der Waals surface area (Å²) < 4.78 is 4.70. The van der Waals surface area contributed by atoms with Crippen molar-refractivity contribution in [3.05, 3.63) is 0 Å². The van der Waals surface area contributed by atoms with E-state index < -0.39 is 67.1 Å². The third-order valence-electron chi connectivity index (χ3n) is 4.42. The van der Waals surface area contributed by atoms with Crippen LogP contribution in [0.1, 0.15) is 69.2 Å². The fraction of sp³-hybridized carbons (Fsp3) is 0.808. The molecule has 16 heteroatoms. The highest BCUT2D eigenvalue weighted by molar-refractivity contribution is 5.70. The van der Waals surface area contributed by atoms with E-state index >= 15 is 0 Å². The number of carboxylic acid groups (broad SMARTS) is 5. The Hall–Kier alpha value is -2.89. The van der Waals surface area contributed by atoms with Crippen LogP contribution < -0.4 is 5.73 Å². The molecular weight excluding hydrogens is 566 g/mol. The van der Waals surface area contributed by atoms with Gasteiger partial charge in [-0.15, -0.1) is 0 Å². The van der Waals surface area contributed by atoms with E-state index in [2.05, 4.69) is 0 Å². The zero-order chi connectivity index (χ0) is 35.1. The molecule has 0 radical (unpaired) electrons. The Morgan fingerprint density at radius 2 is 0.738 bits per heavy atom. The molecule has 5 atom stereocenters. The summed E-state index contributed by atoms with van der Waals surface area (Å²) in [7, 11) is 0. The van der Waals surface area contributed by atoms with Gasteiger partial charge in [-0.3, -0.25) is 24.0 Å². The molecule has 1 aliphatic rings. The SMILES string of the molecule is CC(C)C(=O)O.CC(C)C(=O)O.CC(C)C(=O)O.CC(C)C(=O)O.CC(C)C(=O)O.N[C@@H]1[C@@H](O)[C@H](O)[C@@H](CO)O[C@H]1O. The number of carbonyl (C=O) groups is 5. The van der Waals surface area contributed by atoms with Crippen LogP contribution >= 0.6 is 0 Å². The van der Waals surface area contributed by atoms with Crippen molar-refractivity contribution >= 4 is 29.8 Å². The molecule has 1 fully saturated rings. The van der Waals surface area contributed by atoms with E-state index in [0.29, 0.717) is 0 Å². The molecule has 11 N–H and O–H groups in total. The van der Waals surface area contributed by atoms with Crippen LogP contribution in [-0.4, -0.2) is 113 Å². The zero-order valence-electron chi connectivity index (χ0n) is 26.0. The van der Waals surface area contributed by atoms with Gasteiger partial charge in [0.05, 0.1) is 42.2 Å². The summed E-state index contributed by atoms with van der Waals surface area (Å²) in [5.41, 5.74) is 5.26. The summed E-state index contributed by atoms with van der Waals surface area (Å²) in [5, 5.41) is 76.0. The average molecular weight is 620 g/mol. The molecule has 0 saturated carbocycles. The smallest absolute Gasteiger partial charge is 0.305 e. The van der Waals surface area contributed by atoms with Crippen LogP contribution in [0.15, 0.2) is 0 Å².